The quantitative estimate of drug-likeness (QED) is 0.393. The van der Waals surface area contributed by atoms with Gasteiger partial charge in [-0.1, -0.05) is 60.0 Å². The summed E-state index contributed by atoms with van der Waals surface area (Å²) < 4.78 is 45.1. The number of ether oxygens (including phenoxy) is 3. The van der Waals surface area contributed by atoms with Gasteiger partial charge in [0.15, 0.2) is 5.76 Å². The van der Waals surface area contributed by atoms with Crippen molar-refractivity contribution >= 4 is 39.1 Å². The summed E-state index contributed by atoms with van der Waals surface area (Å²) in [4.78, 5) is 17.2. The largest absolute Gasteiger partial charge is 0.462 e. The van der Waals surface area contributed by atoms with Gasteiger partial charge in [-0.25, -0.2) is 8.42 Å². The van der Waals surface area contributed by atoms with Gasteiger partial charge >= 0.3 is 0 Å². The van der Waals surface area contributed by atoms with Gasteiger partial charge in [0.25, 0.3) is 0 Å². The van der Waals surface area contributed by atoms with Crippen LogP contribution in [0.5, 0.6) is 0 Å². The molecular formula is C29H35Cl2N3O6S. The van der Waals surface area contributed by atoms with Crippen molar-refractivity contribution in [2.24, 2.45) is 0 Å². The summed E-state index contributed by atoms with van der Waals surface area (Å²) in [7, 11) is -3.78. The molecule has 0 N–H and O–H groups in total. The first-order chi connectivity index (χ1) is 19.8. The van der Waals surface area contributed by atoms with E-state index in [0.29, 0.717) is 44.2 Å². The minimum Gasteiger partial charge on any atom is -0.462 e. The lowest BCUT2D eigenvalue weighted by Crippen LogP contribution is -2.53. The molecule has 3 heterocycles. The van der Waals surface area contributed by atoms with E-state index < -0.39 is 10.0 Å². The first-order valence-corrected chi connectivity index (χ1v) is 16.1. The highest BCUT2D eigenvalue weighted by Gasteiger charge is 2.35. The normalized spacial score (nSPS) is 21.2. The lowest BCUT2D eigenvalue weighted by Gasteiger charge is -2.39. The maximum atomic E-state index is 13.4. The molecule has 2 saturated heterocycles. The molecule has 5 rings (SSSR count). The van der Waals surface area contributed by atoms with Gasteiger partial charge in [-0.3, -0.25) is 9.69 Å². The molecule has 0 spiro atoms. The highest BCUT2D eigenvalue weighted by atomic mass is 35.5. The number of sulfonamides is 1. The van der Waals surface area contributed by atoms with Gasteiger partial charge in [-0.05, 0) is 43.0 Å². The Morgan fingerprint density at radius 2 is 1.78 bits per heavy atom. The molecule has 41 heavy (non-hydrogen) atoms. The zero-order chi connectivity index (χ0) is 28.8. The lowest BCUT2D eigenvalue weighted by molar-refractivity contribution is -0.138. The summed E-state index contributed by atoms with van der Waals surface area (Å²) in [6, 6.07) is 14.3. The van der Waals surface area contributed by atoms with E-state index >= 15 is 0 Å². The van der Waals surface area contributed by atoms with Crippen molar-refractivity contribution in [2.45, 2.75) is 42.7 Å². The second-order valence-corrected chi connectivity index (χ2v) is 13.1. The van der Waals surface area contributed by atoms with Crippen LogP contribution >= 0.6 is 23.2 Å². The van der Waals surface area contributed by atoms with Crippen LogP contribution in [-0.4, -0.2) is 93.2 Å². The second-order valence-electron chi connectivity index (χ2n) is 10.4. The van der Waals surface area contributed by atoms with Crippen molar-refractivity contribution < 1.29 is 27.4 Å². The van der Waals surface area contributed by atoms with E-state index in [1.807, 2.05) is 23.1 Å². The number of carbonyl (C=O) groups is 1. The Bertz CT molecular complexity index is 1340. The Balaban J connectivity index is 1.13. The molecule has 0 aromatic heterocycles. The van der Waals surface area contributed by atoms with Gasteiger partial charge < -0.3 is 19.1 Å². The molecule has 12 heteroatoms. The first kappa shape index (κ1) is 30.1. The Morgan fingerprint density at radius 1 is 1.00 bits per heavy atom. The standard InChI is InChI=1S/C29H35Cl2N3O6S/c30-25-10-9-24(17-26(25)31)41(36,37)34-11-5-4-8-23(34)18-38-20-29(35)33-14-12-32(13-15-33)27(28-19-39-21-40-28)16-22-6-2-1-3-7-22/h1-3,6-7,9-10,17,19,23,27H,4-5,8,11-16,18,20-21H2. The molecule has 1 amide bonds. The van der Waals surface area contributed by atoms with Crippen LogP contribution in [0.15, 0.2) is 65.4 Å². The molecule has 3 aliphatic heterocycles. The predicted molar refractivity (Wildman–Crippen MR) is 156 cm³/mol. The van der Waals surface area contributed by atoms with Crippen molar-refractivity contribution in [3.8, 4) is 0 Å². The number of halogens is 2. The number of nitrogens with zero attached hydrogens (tertiary/aromatic N) is 3. The van der Waals surface area contributed by atoms with Crippen LogP contribution < -0.4 is 0 Å². The van der Waals surface area contributed by atoms with E-state index in [-0.39, 0.29) is 47.9 Å². The Hall–Kier alpha value is -2.34. The third kappa shape index (κ3) is 7.36. The molecule has 2 atom stereocenters. The molecule has 222 valence electrons. The minimum atomic E-state index is -3.78. The third-order valence-corrected chi connectivity index (χ3v) is 10.5. The predicted octanol–water partition coefficient (Wildman–Crippen LogP) is 4.15. The molecule has 2 unspecified atom stereocenters. The zero-order valence-corrected chi connectivity index (χ0v) is 25.1. The molecule has 2 aromatic carbocycles. The fraction of sp³-hybridized carbons (Fsp3) is 0.483. The summed E-state index contributed by atoms with van der Waals surface area (Å²) in [5.74, 6) is 0.712. The molecule has 0 saturated carbocycles. The number of hydrogen-bond donors (Lipinski definition) is 0. The van der Waals surface area contributed by atoms with Crippen molar-refractivity contribution in [1.82, 2.24) is 14.1 Å². The van der Waals surface area contributed by atoms with E-state index in [1.54, 1.807) is 6.26 Å². The van der Waals surface area contributed by atoms with Crippen LogP contribution in [-0.2, 0) is 35.4 Å². The Kier molecular flexibility index (Phi) is 10.1. The monoisotopic (exact) mass is 623 g/mol. The number of amides is 1. The van der Waals surface area contributed by atoms with Crippen LogP contribution in [0.1, 0.15) is 24.8 Å². The van der Waals surface area contributed by atoms with Crippen molar-refractivity contribution in [3.63, 3.8) is 0 Å². The highest BCUT2D eigenvalue weighted by Crippen LogP contribution is 2.30. The number of benzene rings is 2. The van der Waals surface area contributed by atoms with Crippen molar-refractivity contribution in [2.75, 3.05) is 52.7 Å². The van der Waals surface area contributed by atoms with E-state index in [9.17, 15) is 13.2 Å². The number of rotatable bonds is 10. The van der Waals surface area contributed by atoms with Crippen molar-refractivity contribution in [1.29, 1.82) is 0 Å². The van der Waals surface area contributed by atoms with Crippen molar-refractivity contribution in [3.05, 3.63) is 76.2 Å². The van der Waals surface area contributed by atoms with E-state index in [2.05, 4.69) is 17.0 Å². The maximum absolute atomic E-state index is 13.4. The highest BCUT2D eigenvalue weighted by molar-refractivity contribution is 7.89. The number of piperidine rings is 1. The van der Waals surface area contributed by atoms with Gasteiger partial charge in [-0.2, -0.15) is 4.31 Å². The smallest absolute Gasteiger partial charge is 0.248 e. The van der Waals surface area contributed by atoms with Gasteiger partial charge in [0.2, 0.25) is 22.7 Å². The van der Waals surface area contributed by atoms with Crippen LogP contribution in [0.2, 0.25) is 10.0 Å². The Labute approximate surface area is 251 Å². The summed E-state index contributed by atoms with van der Waals surface area (Å²) in [6.45, 7) is 3.21. The summed E-state index contributed by atoms with van der Waals surface area (Å²) in [5.41, 5.74) is 1.21. The number of carbonyl (C=O) groups excluding carboxylic acids is 1. The van der Waals surface area contributed by atoms with Gasteiger partial charge in [0, 0.05) is 38.8 Å². The van der Waals surface area contributed by atoms with Crippen LogP contribution in [0.4, 0.5) is 0 Å². The molecule has 3 aliphatic rings. The molecule has 2 aromatic rings. The summed E-state index contributed by atoms with van der Waals surface area (Å²) in [5, 5.41) is 0.489. The second kappa shape index (κ2) is 13.8. The average molecular weight is 625 g/mol. The molecule has 0 aliphatic carbocycles. The van der Waals surface area contributed by atoms with Gasteiger partial charge in [0.05, 0.1) is 27.6 Å². The van der Waals surface area contributed by atoms with E-state index in [1.165, 1.54) is 28.1 Å². The van der Waals surface area contributed by atoms with E-state index in [0.717, 1.165) is 25.0 Å². The molecule has 9 nitrogen and oxygen atoms in total. The van der Waals surface area contributed by atoms with Crippen LogP contribution in [0.3, 0.4) is 0 Å². The molecular weight excluding hydrogens is 589 g/mol. The van der Waals surface area contributed by atoms with Crippen LogP contribution in [0.25, 0.3) is 0 Å². The first-order valence-electron chi connectivity index (χ1n) is 13.9. The maximum Gasteiger partial charge on any atom is 0.248 e. The zero-order valence-electron chi connectivity index (χ0n) is 22.8. The average Bonchev–Trinajstić information content (AvgIpc) is 3.53. The fourth-order valence-electron chi connectivity index (χ4n) is 5.56. The third-order valence-electron chi connectivity index (χ3n) is 7.81. The van der Waals surface area contributed by atoms with E-state index in [4.69, 9.17) is 37.4 Å². The Morgan fingerprint density at radius 3 is 2.49 bits per heavy atom. The summed E-state index contributed by atoms with van der Waals surface area (Å²) in [6.07, 6.45) is 4.80. The summed E-state index contributed by atoms with van der Waals surface area (Å²) >= 11 is 12.1. The molecule has 0 bridgehead atoms. The fourth-order valence-corrected chi connectivity index (χ4v) is 7.63. The van der Waals surface area contributed by atoms with Crippen LogP contribution in [0, 0.1) is 0 Å². The molecule has 0 radical (unpaired) electrons. The molecule has 2 fully saturated rings. The van der Waals surface area contributed by atoms with Gasteiger partial charge in [-0.15, -0.1) is 0 Å². The number of piperazine rings is 1. The number of hydrogen-bond acceptors (Lipinski definition) is 7. The minimum absolute atomic E-state index is 0.0307. The lowest BCUT2D eigenvalue weighted by atomic mass is 10.0. The van der Waals surface area contributed by atoms with Gasteiger partial charge in [0.1, 0.15) is 12.9 Å². The SMILES string of the molecule is O=C(COCC1CCCCN1S(=O)(=O)c1ccc(Cl)c(Cl)c1)N1CCN(C(Cc2ccccc2)C2=COCO2)CC1. The topological polar surface area (TPSA) is 88.6 Å².